The number of hydrogen-bond acceptors (Lipinski definition) is 4. The maximum atomic E-state index is 12.9. The van der Waals surface area contributed by atoms with E-state index in [0.717, 1.165) is 22.8 Å². The van der Waals surface area contributed by atoms with Gasteiger partial charge in [-0.3, -0.25) is 4.79 Å². The molecule has 3 aromatic rings. The fraction of sp³-hybridized carbons (Fsp3) is 0.238. The molecular weight excluding hydrogens is 340 g/mol. The summed E-state index contributed by atoms with van der Waals surface area (Å²) in [6.07, 6.45) is 3.59. The number of aryl methyl sites for hydroxylation is 1. The number of rotatable bonds is 6. The van der Waals surface area contributed by atoms with Gasteiger partial charge in [-0.15, -0.1) is 0 Å². The molecule has 0 fully saturated rings. The summed E-state index contributed by atoms with van der Waals surface area (Å²) in [6.45, 7) is 0. The molecule has 0 aliphatic rings. The van der Waals surface area contributed by atoms with Crippen molar-refractivity contribution in [2.75, 3.05) is 26.1 Å². The van der Waals surface area contributed by atoms with Gasteiger partial charge in [-0.25, -0.2) is 4.98 Å². The lowest BCUT2D eigenvalue weighted by Crippen LogP contribution is -2.31. The van der Waals surface area contributed by atoms with Gasteiger partial charge in [0.1, 0.15) is 17.6 Å². The Hall–Kier alpha value is -3.28. The number of aromatic nitrogens is 2. The van der Waals surface area contributed by atoms with Crippen molar-refractivity contribution in [1.82, 2.24) is 14.9 Å². The van der Waals surface area contributed by atoms with Gasteiger partial charge in [-0.2, -0.15) is 0 Å². The van der Waals surface area contributed by atoms with Crippen molar-refractivity contribution in [1.29, 1.82) is 0 Å². The molecule has 6 heteroatoms. The van der Waals surface area contributed by atoms with Gasteiger partial charge in [0.25, 0.3) is 5.91 Å². The zero-order valence-corrected chi connectivity index (χ0v) is 16.0. The third kappa shape index (κ3) is 4.11. The molecule has 0 bridgehead atoms. The second kappa shape index (κ2) is 7.95. The number of imidazole rings is 1. The van der Waals surface area contributed by atoms with Gasteiger partial charge in [0.2, 0.25) is 0 Å². The lowest BCUT2D eigenvalue weighted by Gasteiger charge is -2.20. The molecular formula is C21H24N4O2. The van der Waals surface area contributed by atoms with Crippen LogP contribution in [0.25, 0.3) is 0 Å². The van der Waals surface area contributed by atoms with E-state index in [9.17, 15) is 4.79 Å². The summed E-state index contributed by atoms with van der Waals surface area (Å²) in [4.78, 5) is 19.3. The minimum atomic E-state index is -0.364. The summed E-state index contributed by atoms with van der Waals surface area (Å²) < 4.78 is 7.14. The molecule has 0 aliphatic heterocycles. The molecule has 6 nitrogen and oxygen atoms in total. The van der Waals surface area contributed by atoms with Crippen molar-refractivity contribution in [2.45, 2.75) is 6.04 Å². The molecule has 1 amide bonds. The molecule has 0 saturated carbocycles. The van der Waals surface area contributed by atoms with Crippen LogP contribution in [0.15, 0.2) is 60.9 Å². The van der Waals surface area contributed by atoms with E-state index in [4.69, 9.17) is 4.74 Å². The fourth-order valence-electron chi connectivity index (χ4n) is 2.87. The Balaban J connectivity index is 1.88. The summed E-state index contributed by atoms with van der Waals surface area (Å²) in [5, 5.41) is 3.10. The van der Waals surface area contributed by atoms with E-state index >= 15 is 0 Å². The van der Waals surface area contributed by atoms with Gasteiger partial charge >= 0.3 is 0 Å². The van der Waals surface area contributed by atoms with Crippen molar-refractivity contribution in [3.05, 3.63) is 77.9 Å². The maximum Gasteiger partial charge on any atom is 0.252 e. The normalized spacial score (nSPS) is 11.7. The second-order valence-electron chi connectivity index (χ2n) is 6.52. The molecule has 0 aliphatic carbocycles. The van der Waals surface area contributed by atoms with Crippen LogP contribution in [-0.2, 0) is 7.05 Å². The van der Waals surface area contributed by atoms with Crippen LogP contribution in [0.3, 0.4) is 0 Å². The van der Waals surface area contributed by atoms with Gasteiger partial charge in [-0.05, 0) is 42.0 Å². The molecule has 1 heterocycles. The van der Waals surface area contributed by atoms with E-state index in [-0.39, 0.29) is 11.9 Å². The first-order chi connectivity index (χ1) is 13.0. The third-order valence-electron chi connectivity index (χ3n) is 4.49. The minimum absolute atomic E-state index is 0.149. The van der Waals surface area contributed by atoms with Gasteiger partial charge < -0.3 is 19.5 Å². The first-order valence-corrected chi connectivity index (χ1v) is 8.69. The number of carbonyl (C=O) groups excluding carboxylic acids is 1. The quantitative estimate of drug-likeness (QED) is 0.730. The van der Waals surface area contributed by atoms with E-state index in [1.54, 1.807) is 13.3 Å². The largest absolute Gasteiger partial charge is 0.497 e. The molecule has 0 spiro atoms. The number of carbonyl (C=O) groups is 1. The van der Waals surface area contributed by atoms with E-state index in [2.05, 4.69) is 10.3 Å². The number of nitrogens with zero attached hydrogens (tertiary/aromatic N) is 3. The summed E-state index contributed by atoms with van der Waals surface area (Å²) >= 11 is 0. The summed E-state index contributed by atoms with van der Waals surface area (Å²) in [7, 11) is 7.48. The molecule has 0 radical (unpaired) electrons. The van der Waals surface area contributed by atoms with Gasteiger partial charge in [0.15, 0.2) is 0 Å². The van der Waals surface area contributed by atoms with Crippen LogP contribution in [0.5, 0.6) is 5.75 Å². The standard InChI is InChI=1S/C21H24N4O2/c1-24(2)17-9-5-16(6-10-17)21(26)23-19(20-22-13-14-25(20)3)15-7-11-18(27-4)12-8-15/h5-14,19H,1-4H3,(H,23,26). The van der Waals surface area contributed by atoms with Crippen LogP contribution in [0.1, 0.15) is 27.8 Å². The van der Waals surface area contributed by atoms with Gasteiger partial charge in [-0.1, -0.05) is 12.1 Å². The molecule has 0 saturated heterocycles. The number of benzene rings is 2. The lowest BCUT2D eigenvalue weighted by molar-refractivity contribution is 0.0941. The Labute approximate surface area is 159 Å². The smallest absolute Gasteiger partial charge is 0.252 e. The average molecular weight is 364 g/mol. The molecule has 1 unspecified atom stereocenters. The highest BCUT2D eigenvalue weighted by Gasteiger charge is 2.21. The Morgan fingerprint density at radius 2 is 1.78 bits per heavy atom. The van der Waals surface area contributed by atoms with Crippen molar-refractivity contribution in [3.8, 4) is 5.75 Å². The highest BCUT2D eigenvalue weighted by atomic mass is 16.5. The molecule has 1 atom stereocenters. The highest BCUT2D eigenvalue weighted by Crippen LogP contribution is 2.24. The first-order valence-electron chi connectivity index (χ1n) is 8.69. The summed E-state index contributed by atoms with van der Waals surface area (Å²) in [6, 6.07) is 14.8. The van der Waals surface area contributed by atoms with Crippen LogP contribution in [0.2, 0.25) is 0 Å². The zero-order valence-electron chi connectivity index (χ0n) is 16.0. The monoisotopic (exact) mass is 364 g/mol. The fourth-order valence-corrected chi connectivity index (χ4v) is 2.87. The predicted molar refractivity (Wildman–Crippen MR) is 106 cm³/mol. The number of ether oxygens (including phenoxy) is 1. The molecule has 3 rings (SSSR count). The van der Waals surface area contributed by atoms with Crippen LogP contribution in [0.4, 0.5) is 5.69 Å². The van der Waals surface area contributed by atoms with Crippen LogP contribution >= 0.6 is 0 Å². The number of methoxy groups -OCH3 is 1. The molecule has 1 aromatic heterocycles. The van der Waals surface area contributed by atoms with Crippen molar-refractivity contribution in [3.63, 3.8) is 0 Å². The van der Waals surface area contributed by atoms with Gasteiger partial charge in [0.05, 0.1) is 7.11 Å². The summed E-state index contributed by atoms with van der Waals surface area (Å²) in [5.41, 5.74) is 2.58. The Morgan fingerprint density at radius 3 is 2.30 bits per heavy atom. The Morgan fingerprint density at radius 1 is 1.11 bits per heavy atom. The third-order valence-corrected chi connectivity index (χ3v) is 4.49. The van der Waals surface area contributed by atoms with E-state index in [1.165, 1.54) is 0 Å². The topological polar surface area (TPSA) is 59.4 Å². The zero-order chi connectivity index (χ0) is 19.4. The Bertz CT molecular complexity index is 899. The lowest BCUT2D eigenvalue weighted by atomic mass is 10.0. The summed E-state index contributed by atoms with van der Waals surface area (Å²) in [5.74, 6) is 1.38. The highest BCUT2D eigenvalue weighted by molar-refractivity contribution is 5.95. The molecule has 27 heavy (non-hydrogen) atoms. The average Bonchev–Trinajstić information content (AvgIpc) is 3.11. The first kappa shape index (κ1) is 18.5. The van der Waals surface area contributed by atoms with Crippen molar-refractivity contribution >= 4 is 11.6 Å². The Kier molecular flexibility index (Phi) is 5.45. The number of anilines is 1. The maximum absolute atomic E-state index is 12.9. The van der Waals surface area contributed by atoms with E-state index in [1.807, 2.05) is 85.3 Å². The van der Waals surface area contributed by atoms with Crippen LogP contribution in [-0.4, -0.2) is 36.7 Å². The minimum Gasteiger partial charge on any atom is -0.497 e. The number of nitrogens with one attached hydrogen (secondary N) is 1. The number of amides is 1. The SMILES string of the molecule is COc1ccc(C(NC(=O)c2ccc(N(C)C)cc2)c2nccn2C)cc1. The molecule has 1 N–H and O–H groups in total. The van der Waals surface area contributed by atoms with Crippen LogP contribution < -0.4 is 15.0 Å². The molecule has 2 aromatic carbocycles. The van der Waals surface area contributed by atoms with E-state index in [0.29, 0.717) is 5.56 Å². The van der Waals surface area contributed by atoms with Crippen molar-refractivity contribution in [2.24, 2.45) is 7.05 Å². The number of hydrogen-bond donors (Lipinski definition) is 1. The van der Waals surface area contributed by atoms with Gasteiger partial charge in [0, 0.05) is 44.8 Å². The molecule has 140 valence electrons. The van der Waals surface area contributed by atoms with Crippen LogP contribution in [0, 0.1) is 0 Å². The second-order valence-corrected chi connectivity index (χ2v) is 6.52. The van der Waals surface area contributed by atoms with Crippen molar-refractivity contribution < 1.29 is 9.53 Å². The van der Waals surface area contributed by atoms with E-state index < -0.39 is 0 Å². The predicted octanol–water partition coefficient (Wildman–Crippen LogP) is 3.01.